The van der Waals surface area contributed by atoms with Gasteiger partial charge in [0.15, 0.2) is 0 Å². The zero-order valence-electron chi connectivity index (χ0n) is 12.4. The first-order valence-corrected chi connectivity index (χ1v) is 7.47. The summed E-state index contributed by atoms with van der Waals surface area (Å²) in [6.07, 6.45) is 2.14. The van der Waals surface area contributed by atoms with Crippen LogP contribution in [0.1, 0.15) is 34.7 Å². The maximum absolute atomic E-state index is 6.22. The average molecular weight is 288 g/mol. The smallest absolute Gasteiger partial charge is 0.0438 e. The van der Waals surface area contributed by atoms with Gasteiger partial charge in [-0.1, -0.05) is 53.6 Å². The van der Waals surface area contributed by atoms with Crippen molar-refractivity contribution in [3.8, 4) is 0 Å². The van der Waals surface area contributed by atoms with Crippen LogP contribution in [0.2, 0.25) is 5.02 Å². The average Bonchev–Trinajstić information content (AvgIpc) is 2.45. The topological polar surface area (TPSA) is 12.0 Å². The van der Waals surface area contributed by atoms with E-state index in [0.717, 1.165) is 23.4 Å². The monoisotopic (exact) mass is 287 g/mol. The van der Waals surface area contributed by atoms with Crippen molar-refractivity contribution in [2.24, 2.45) is 0 Å². The van der Waals surface area contributed by atoms with E-state index in [1.807, 2.05) is 14.0 Å². The Morgan fingerprint density at radius 2 is 1.75 bits per heavy atom. The van der Waals surface area contributed by atoms with E-state index < -0.39 is 0 Å². The number of benzene rings is 2. The fourth-order valence-corrected chi connectivity index (χ4v) is 2.56. The van der Waals surface area contributed by atoms with Crippen LogP contribution in [-0.4, -0.2) is 7.05 Å². The van der Waals surface area contributed by atoms with Crippen molar-refractivity contribution in [2.75, 3.05) is 7.05 Å². The number of hydrogen-bond donors (Lipinski definition) is 1. The molecule has 0 spiro atoms. The largest absolute Gasteiger partial charge is 0.313 e. The van der Waals surface area contributed by atoms with Crippen molar-refractivity contribution < 1.29 is 0 Å². The normalized spacial score (nSPS) is 12.4. The van der Waals surface area contributed by atoms with E-state index in [0.29, 0.717) is 6.04 Å². The number of aryl methyl sites for hydroxylation is 3. The van der Waals surface area contributed by atoms with Gasteiger partial charge in [0.25, 0.3) is 0 Å². The minimum Gasteiger partial charge on any atom is -0.313 e. The van der Waals surface area contributed by atoms with Crippen LogP contribution in [0.4, 0.5) is 0 Å². The van der Waals surface area contributed by atoms with Gasteiger partial charge in [-0.3, -0.25) is 0 Å². The molecule has 2 heteroatoms. The summed E-state index contributed by atoms with van der Waals surface area (Å²) in [6.45, 7) is 4.15. The van der Waals surface area contributed by atoms with E-state index in [1.54, 1.807) is 0 Å². The lowest BCUT2D eigenvalue weighted by Gasteiger charge is -2.17. The maximum atomic E-state index is 6.22. The van der Waals surface area contributed by atoms with Crippen molar-refractivity contribution in [3.63, 3.8) is 0 Å². The molecule has 1 unspecified atom stereocenters. The summed E-state index contributed by atoms with van der Waals surface area (Å²) in [4.78, 5) is 0. The zero-order valence-corrected chi connectivity index (χ0v) is 13.2. The Hall–Kier alpha value is -1.31. The molecular formula is C18H22ClN. The van der Waals surface area contributed by atoms with Gasteiger partial charge >= 0.3 is 0 Å². The van der Waals surface area contributed by atoms with Crippen molar-refractivity contribution in [1.29, 1.82) is 0 Å². The van der Waals surface area contributed by atoms with Gasteiger partial charge in [-0.25, -0.2) is 0 Å². The summed E-state index contributed by atoms with van der Waals surface area (Å²) >= 11 is 6.22. The predicted octanol–water partition coefficient (Wildman–Crippen LogP) is 4.85. The zero-order chi connectivity index (χ0) is 14.5. The number of nitrogens with one attached hydrogen (secondary N) is 1. The lowest BCUT2D eigenvalue weighted by atomic mass is 9.98. The highest BCUT2D eigenvalue weighted by Crippen LogP contribution is 2.24. The quantitative estimate of drug-likeness (QED) is 0.829. The van der Waals surface area contributed by atoms with Crippen LogP contribution in [0, 0.1) is 13.8 Å². The molecule has 0 aliphatic carbocycles. The van der Waals surface area contributed by atoms with Gasteiger partial charge < -0.3 is 5.32 Å². The van der Waals surface area contributed by atoms with Gasteiger partial charge in [-0.05, 0) is 56.5 Å². The molecule has 1 atom stereocenters. The Balaban J connectivity index is 2.05. The SMILES string of the molecule is CNC(CCc1ccc(C)cc1)c1ccc(C)c(Cl)c1. The fraction of sp³-hybridized carbons (Fsp3) is 0.333. The molecule has 0 amide bonds. The highest BCUT2D eigenvalue weighted by Gasteiger charge is 2.10. The minimum atomic E-state index is 0.342. The van der Waals surface area contributed by atoms with Gasteiger partial charge in [0.2, 0.25) is 0 Å². The number of halogens is 1. The summed E-state index contributed by atoms with van der Waals surface area (Å²) in [5, 5.41) is 4.23. The highest BCUT2D eigenvalue weighted by atomic mass is 35.5. The molecule has 20 heavy (non-hydrogen) atoms. The van der Waals surface area contributed by atoms with Crippen LogP contribution < -0.4 is 5.32 Å². The number of rotatable bonds is 5. The molecule has 0 heterocycles. The van der Waals surface area contributed by atoms with E-state index >= 15 is 0 Å². The third-order valence-corrected chi connectivity index (χ3v) is 4.20. The molecule has 0 fully saturated rings. The minimum absolute atomic E-state index is 0.342. The first-order chi connectivity index (χ1) is 9.60. The molecule has 0 saturated heterocycles. The van der Waals surface area contributed by atoms with Crippen molar-refractivity contribution in [2.45, 2.75) is 32.7 Å². The second kappa shape index (κ2) is 6.92. The molecule has 2 aromatic carbocycles. The Bertz CT molecular complexity index is 560. The van der Waals surface area contributed by atoms with Gasteiger partial charge in [0.1, 0.15) is 0 Å². The van der Waals surface area contributed by atoms with Crippen LogP contribution >= 0.6 is 11.6 Å². The Morgan fingerprint density at radius 3 is 2.35 bits per heavy atom. The van der Waals surface area contributed by atoms with Crippen LogP contribution in [0.5, 0.6) is 0 Å². The maximum Gasteiger partial charge on any atom is 0.0438 e. The van der Waals surface area contributed by atoms with Crippen LogP contribution in [-0.2, 0) is 6.42 Å². The standard InChI is InChI=1S/C18H22ClN/c1-13-4-7-15(8-5-13)9-11-18(20-3)16-10-6-14(2)17(19)12-16/h4-8,10,12,18,20H,9,11H2,1-3H3. The summed E-state index contributed by atoms with van der Waals surface area (Å²) < 4.78 is 0. The van der Waals surface area contributed by atoms with E-state index in [2.05, 4.69) is 54.7 Å². The molecule has 1 N–H and O–H groups in total. The van der Waals surface area contributed by atoms with E-state index in [-0.39, 0.29) is 0 Å². The van der Waals surface area contributed by atoms with E-state index in [4.69, 9.17) is 11.6 Å². The van der Waals surface area contributed by atoms with Gasteiger partial charge in [-0.2, -0.15) is 0 Å². The van der Waals surface area contributed by atoms with Crippen LogP contribution in [0.25, 0.3) is 0 Å². The Morgan fingerprint density at radius 1 is 1.05 bits per heavy atom. The first-order valence-electron chi connectivity index (χ1n) is 7.09. The van der Waals surface area contributed by atoms with Crippen molar-refractivity contribution >= 4 is 11.6 Å². The molecule has 0 aromatic heterocycles. The molecule has 1 nitrogen and oxygen atoms in total. The number of hydrogen-bond acceptors (Lipinski definition) is 1. The molecule has 0 aliphatic heterocycles. The molecule has 0 radical (unpaired) electrons. The molecule has 0 bridgehead atoms. The third kappa shape index (κ3) is 3.84. The molecule has 0 saturated carbocycles. The summed E-state index contributed by atoms with van der Waals surface area (Å²) in [6, 6.07) is 15.4. The lowest BCUT2D eigenvalue weighted by molar-refractivity contribution is 0.549. The summed E-state index contributed by atoms with van der Waals surface area (Å²) in [7, 11) is 2.01. The fourth-order valence-electron chi connectivity index (χ4n) is 2.37. The third-order valence-electron chi connectivity index (χ3n) is 3.79. The van der Waals surface area contributed by atoms with Crippen LogP contribution in [0.15, 0.2) is 42.5 Å². The van der Waals surface area contributed by atoms with Gasteiger partial charge in [-0.15, -0.1) is 0 Å². The Kier molecular flexibility index (Phi) is 5.22. The second-order valence-corrected chi connectivity index (χ2v) is 5.78. The highest BCUT2D eigenvalue weighted by molar-refractivity contribution is 6.31. The summed E-state index contributed by atoms with van der Waals surface area (Å²) in [5.41, 5.74) is 5.08. The first kappa shape index (κ1) is 15.1. The molecule has 0 aliphatic rings. The molecule has 2 rings (SSSR count). The van der Waals surface area contributed by atoms with Crippen LogP contribution in [0.3, 0.4) is 0 Å². The lowest BCUT2D eigenvalue weighted by Crippen LogP contribution is -2.17. The molecule has 2 aromatic rings. The van der Waals surface area contributed by atoms with Crippen molar-refractivity contribution in [3.05, 3.63) is 69.7 Å². The van der Waals surface area contributed by atoms with Gasteiger partial charge in [0, 0.05) is 11.1 Å². The van der Waals surface area contributed by atoms with E-state index in [1.165, 1.54) is 16.7 Å². The van der Waals surface area contributed by atoms with Crippen molar-refractivity contribution in [1.82, 2.24) is 5.32 Å². The van der Waals surface area contributed by atoms with Gasteiger partial charge in [0.05, 0.1) is 0 Å². The Labute approximate surface area is 127 Å². The van der Waals surface area contributed by atoms with E-state index in [9.17, 15) is 0 Å². The predicted molar refractivity (Wildman–Crippen MR) is 87.5 cm³/mol. The summed E-state index contributed by atoms with van der Waals surface area (Å²) in [5.74, 6) is 0. The molecular weight excluding hydrogens is 266 g/mol. The second-order valence-electron chi connectivity index (χ2n) is 5.37. The molecule has 106 valence electrons.